The molecule has 1 atom stereocenters. The topological polar surface area (TPSA) is 37.4 Å². The fraction of sp³-hybridized carbons (Fsp3) is 0.636. The van der Waals surface area contributed by atoms with Crippen LogP contribution in [-0.2, 0) is 10.0 Å². The zero-order chi connectivity index (χ0) is 13.9. The van der Waals surface area contributed by atoms with Crippen molar-refractivity contribution in [2.45, 2.75) is 31.4 Å². The summed E-state index contributed by atoms with van der Waals surface area (Å²) >= 11 is 10.3. The van der Waals surface area contributed by atoms with Gasteiger partial charge in [0, 0.05) is 13.1 Å². The second kappa shape index (κ2) is 6.70. The van der Waals surface area contributed by atoms with Crippen LogP contribution < -0.4 is 0 Å². The molecule has 0 amide bonds. The van der Waals surface area contributed by atoms with E-state index >= 15 is 0 Å². The molecule has 1 aromatic rings. The second-order valence-electron chi connectivity index (χ2n) is 4.16. The fourth-order valence-corrected chi connectivity index (χ4v) is 5.58. The fourth-order valence-electron chi connectivity index (χ4n) is 1.46. The molecule has 104 valence electrons. The lowest BCUT2D eigenvalue weighted by Gasteiger charge is -2.22. The van der Waals surface area contributed by atoms with Crippen molar-refractivity contribution in [1.29, 1.82) is 0 Å². The molecular formula is C11H17BrClNO2S2. The van der Waals surface area contributed by atoms with Crippen molar-refractivity contribution < 1.29 is 8.42 Å². The molecule has 0 aromatic carbocycles. The van der Waals surface area contributed by atoms with Crippen molar-refractivity contribution in [3.8, 4) is 0 Å². The van der Waals surface area contributed by atoms with Crippen molar-refractivity contribution in [2.24, 2.45) is 5.92 Å². The summed E-state index contributed by atoms with van der Waals surface area (Å²) in [5, 5.41) is 0.443. The van der Waals surface area contributed by atoms with E-state index in [0.29, 0.717) is 32.0 Å². The molecule has 0 aliphatic heterocycles. The van der Waals surface area contributed by atoms with Crippen LogP contribution in [0.25, 0.3) is 0 Å². The van der Waals surface area contributed by atoms with Crippen molar-refractivity contribution in [3.05, 3.63) is 14.9 Å². The minimum atomic E-state index is -3.42. The van der Waals surface area contributed by atoms with Crippen molar-refractivity contribution >= 4 is 48.9 Å². The third-order valence-electron chi connectivity index (χ3n) is 2.78. The van der Waals surface area contributed by atoms with E-state index in [2.05, 4.69) is 29.8 Å². The van der Waals surface area contributed by atoms with Crippen molar-refractivity contribution in [2.75, 3.05) is 13.1 Å². The first-order valence-electron chi connectivity index (χ1n) is 5.77. The van der Waals surface area contributed by atoms with E-state index in [1.54, 1.807) is 0 Å². The molecule has 7 heteroatoms. The zero-order valence-electron chi connectivity index (χ0n) is 10.6. The van der Waals surface area contributed by atoms with Crippen LogP contribution in [0.1, 0.15) is 27.2 Å². The lowest BCUT2D eigenvalue weighted by atomic mass is 10.1. The molecule has 0 aliphatic carbocycles. The molecule has 1 rings (SSSR count). The molecule has 18 heavy (non-hydrogen) atoms. The van der Waals surface area contributed by atoms with E-state index in [0.717, 1.165) is 17.8 Å². The Balaban J connectivity index is 3.03. The van der Waals surface area contributed by atoms with Crippen LogP contribution in [0.15, 0.2) is 14.1 Å². The maximum absolute atomic E-state index is 12.4. The Labute approximate surface area is 126 Å². The number of rotatable bonds is 6. The normalized spacial score (nSPS) is 14.1. The van der Waals surface area contributed by atoms with Gasteiger partial charge in [-0.05, 0) is 27.9 Å². The lowest BCUT2D eigenvalue weighted by molar-refractivity contribution is 0.362. The molecule has 1 heterocycles. The van der Waals surface area contributed by atoms with Crippen LogP contribution in [0.2, 0.25) is 5.02 Å². The first-order valence-corrected chi connectivity index (χ1v) is 9.20. The Morgan fingerprint density at radius 1 is 1.50 bits per heavy atom. The van der Waals surface area contributed by atoms with Gasteiger partial charge < -0.3 is 0 Å². The molecule has 3 nitrogen and oxygen atoms in total. The van der Waals surface area contributed by atoms with E-state index in [9.17, 15) is 8.42 Å². The highest BCUT2D eigenvalue weighted by Gasteiger charge is 2.26. The van der Waals surface area contributed by atoms with Crippen LogP contribution >= 0.6 is 38.9 Å². The monoisotopic (exact) mass is 373 g/mol. The lowest BCUT2D eigenvalue weighted by Crippen LogP contribution is -2.34. The first-order chi connectivity index (χ1) is 8.32. The summed E-state index contributed by atoms with van der Waals surface area (Å²) in [7, 11) is -3.42. The van der Waals surface area contributed by atoms with E-state index in [1.165, 1.54) is 10.4 Å². The van der Waals surface area contributed by atoms with E-state index in [-0.39, 0.29) is 0 Å². The number of hydrogen-bond acceptors (Lipinski definition) is 3. The molecule has 0 radical (unpaired) electrons. The molecule has 1 aromatic heterocycles. The van der Waals surface area contributed by atoms with Gasteiger partial charge in [-0.15, -0.1) is 11.3 Å². The van der Waals surface area contributed by atoms with Gasteiger partial charge in [0.25, 0.3) is 10.0 Å². The molecule has 0 aliphatic rings. The van der Waals surface area contributed by atoms with Gasteiger partial charge in [-0.3, -0.25) is 0 Å². The maximum Gasteiger partial charge on any atom is 0.252 e. The quantitative estimate of drug-likeness (QED) is 0.747. The highest BCUT2D eigenvalue weighted by molar-refractivity contribution is 9.11. The van der Waals surface area contributed by atoms with E-state index in [1.807, 2.05) is 6.92 Å². The average molecular weight is 375 g/mol. The summed E-state index contributed by atoms with van der Waals surface area (Å²) in [6, 6.07) is 1.50. The molecule has 0 saturated heterocycles. The highest BCUT2D eigenvalue weighted by Crippen LogP contribution is 2.36. The summed E-state index contributed by atoms with van der Waals surface area (Å²) in [6.45, 7) is 6.98. The number of hydrogen-bond donors (Lipinski definition) is 0. The van der Waals surface area contributed by atoms with Gasteiger partial charge in [0.1, 0.15) is 4.21 Å². The maximum atomic E-state index is 12.4. The summed E-state index contributed by atoms with van der Waals surface area (Å²) in [5.74, 6) is 0.346. The Bertz CT molecular complexity index is 482. The highest BCUT2D eigenvalue weighted by atomic mass is 79.9. The van der Waals surface area contributed by atoms with Gasteiger partial charge in [-0.1, -0.05) is 38.8 Å². The van der Waals surface area contributed by atoms with Gasteiger partial charge in [0.05, 0.1) is 8.81 Å². The molecule has 1 unspecified atom stereocenters. The third kappa shape index (κ3) is 3.70. The van der Waals surface area contributed by atoms with Gasteiger partial charge in [0.2, 0.25) is 0 Å². The Hall–Kier alpha value is 0.380. The van der Waals surface area contributed by atoms with E-state index in [4.69, 9.17) is 11.6 Å². The molecule has 0 fully saturated rings. The van der Waals surface area contributed by atoms with Crippen molar-refractivity contribution in [1.82, 2.24) is 4.31 Å². The van der Waals surface area contributed by atoms with Crippen LogP contribution in [0.3, 0.4) is 0 Å². The standard InChI is InChI=1S/C11H17BrClNO2S2/c1-4-8(3)7-14(5-2)18(15,16)10-6-9(13)11(12)17-10/h6,8H,4-5,7H2,1-3H3. The molecular weight excluding hydrogens is 358 g/mol. The Morgan fingerprint density at radius 2 is 2.11 bits per heavy atom. The van der Waals surface area contributed by atoms with Gasteiger partial charge in [-0.2, -0.15) is 4.31 Å². The Morgan fingerprint density at radius 3 is 2.50 bits per heavy atom. The van der Waals surface area contributed by atoms with Gasteiger partial charge in [0.15, 0.2) is 0 Å². The number of thiophene rings is 1. The number of nitrogens with zero attached hydrogens (tertiary/aromatic N) is 1. The largest absolute Gasteiger partial charge is 0.252 e. The molecule has 0 spiro atoms. The summed E-state index contributed by atoms with van der Waals surface area (Å²) < 4.78 is 27.3. The number of sulfonamides is 1. The molecule has 0 bridgehead atoms. The average Bonchev–Trinajstić information content (AvgIpc) is 2.66. The minimum Gasteiger partial charge on any atom is -0.206 e. The molecule has 0 saturated carbocycles. The van der Waals surface area contributed by atoms with Crippen molar-refractivity contribution in [3.63, 3.8) is 0 Å². The van der Waals surface area contributed by atoms with Crippen LogP contribution in [0.5, 0.6) is 0 Å². The van der Waals surface area contributed by atoms with Crippen LogP contribution in [0, 0.1) is 5.92 Å². The van der Waals surface area contributed by atoms with Crippen LogP contribution in [0.4, 0.5) is 0 Å². The smallest absolute Gasteiger partial charge is 0.206 e. The summed E-state index contributed by atoms with van der Waals surface area (Å²) in [5.41, 5.74) is 0. The van der Waals surface area contributed by atoms with Gasteiger partial charge >= 0.3 is 0 Å². The molecule has 0 N–H and O–H groups in total. The van der Waals surface area contributed by atoms with Crippen LogP contribution in [-0.4, -0.2) is 25.8 Å². The van der Waals surface area contributed by atoms with E-state index < -0.39 is 10.0 Å². The minimum absolute atomic E-state index is 0.296. The summed E-state index contributed by atoms with van der Waals surface area (Å²) in [4.78, 5) is 0. The third-order valence-corrected chi connectivity index (χ3v) is 7.65. The zero-order valence-corrected chi connectivity index (χ0v) is 14.6. The van der Waals surface area contributed by atoms with Gasteiger partial charge in [-0.25, -0.2) is 8.42 Å². The second-order valence-corrected chi connectivity index (χ2v) is 9.10. The SMILES string of the molecule is CCC(C)CN(CC)S(=O)(=O)c1cc(Cl)c(Br)s1. The predicted molar refractivity (Wildman–Crippen MR) is 80.9 cm³/mol. The predicted octanol–water partition coefficient (Wildman–Crippen LogP) is 4.22. The first kappa shape index (κ1) is 16.4. The summed E-state index contributed by atoms with van der Waals surface area (Å²) in [6.07, 6.45) is 0.959. The number of halogens is 2. The Kier molecular flexibility index (Phi) is 6.12.